The van der Waals surface area contributed by atoms with Crippen molar-refractivity contribution in [2.24, 2.45) is 0 Å². The molecule has 1 aromatic carbocycles. The number of para-hydroxylation sites is 1. The van der Waals surface area contributed by atoms with Crippen molar-refractivity contribution in [1.82, 2.24) is 0 Å². The van der Waals surface area contributed by atoms with Gasteiger partial charge in [0.25, 0.3) is 0 Å². The third-order valence-corrected chi connectivity index (χ3v) is 3.12. The van der Waals surface area contributed by atoms with Crippen molar-refractivity contribution in [3.8, 4) is 0 Å². The molecule has 0 saturated carbocycles. The van der Waals surface area contributed by atoms with Gasteiger partial charge in [0.1, 0.15) is 0 Å². The number of benzene rings is 1. The maximum atomic E-state index is 12.2. The summed E-state index contributed by atoms with van der Waals surface area (Å²) >= 11 is 2.78. The standard InChI is InChI=1S/C10H9BrF3NOS/c11-5-4-7(16)6-2-1-3-8(9(6)15)17-10(12,13)14/h1-3H,4-5,15H2. The summed E-state index contributed by atoms with van der Waals surface area (Å²) in [5, 5.41) is 0.446. The SMILES string of the molecule is Nc1c(SC(F)(F)F)cccc1C(=O)CCBr. The lowest BCUT2D eigenvalue weighted by Gasteiger charge is -2.11. The third kappa shape index (κ3) is 4.23. The van der Waals surface area contributed by atoms with Gasteiger partial charge in [-0.15, -0.1) is 0 Å². The smallest absolute Gasteiger partial charge is 0.397 e. The van der Waals surface area contributed by atoms with Crippen LogP contribution >= 0.6 is 27.7 Å². The number of nitrogens with two attached hydrogens (primary N) is 1. The first kappa shape index (κ1) is 14.4. The van der Waals surface area contributed by atoms with E-state index in [-0.39, 0.29) is 40.1 Å². The van der Waals surface area contributed by atoms with Crippen LogP contribution in [0.1, 0.15) is 16.8 Å². The summed E-state index contributed by atoms with van der Waals surface area (Å²) in [6, 6.07) is 4.07. The molecule has 94 valence electrons. The molecule has 0 aliphatic rings. The van der Waals surface area contributed by atoms with Crippen LogP contribution < -0.4 is 5.73 Å². The number of hydrogen-bond donors (Lipinski definition) is 1. The highest BCUT2D eigenvalue weighted by Gasteiger charge is 2.30. The molecule has 0 unspecified atom stereocenters. The third-order valence-electron chi connectivity index (χ3n) is 1.91. The average Bonchev–Trinajstić information content (AvgIpc) is 2.19. The molecule has 0 amide bonds. The first-order valence-electron chi connectivity index (χ1n) is 4.58. The van der Waals surface area contributed by atoms with E-state index in [0.29, 0.717) is 5.33 Å². The van der Waals surface area contributed by atoms with Gasteiger partial charge >= 0.3 is 5.51 Å². The van der Waals surface area contributed by atoms with E-state index in [1.807, 2.05) is 0 Å². The largest absolute Gasteiger partial charge is 0.446 e. The molecule has 0 aliphatic heterocycles. The molecule has 0 saturated heterocycles. The highest BCUT2D eigenvalue weighted by molar-refractivity contribution is 9.09. The Bertz CT molecular complexity index is 423. The van der Waals surface area contributed by atoms with E-state index >= 15 is 0 Å². The molecule has 0 aliphatic carbocycles. The first-order valence-corrected chi connectivity index (χ1v) is 6.52. The molecule has 17 heavy (non-hydrogen) atoms. The zero-order chi connectivity index (χ0) is 13.1. The van der Waals surface area contributed by atoms with Crippen LogP contribution in [0.5, 0.6) is 0 Å². The van der Waals surface area contributed by atoms with E-state index in [0.717, 1.165) is 0 Å². The summed E-state index contributed by atoms with van der Waals surface area (Å²) in [6.07, 6.45) is 0.199. The number of thioether (sulfide) groups is 1. The van der Waals surface area contributed by atoms with Gasteiger partial charge < -0.3 is 5.73 Å². The van der Waals surface area contributed by atoms with Crippen molar-refractivity contribution < 1.29 is 18.0 Å². The Morgan fingerprint density at radius 1 is 1.41 bits per heavy atom. The van der Waals surface area contributed by atoms with Gasteiger partial charge in [-0.3, -0.25) is 4.79 Å². The lowest BCUT2D eigenvalue weighted by atomic mass is 10.1. The van der Waals surface area contributed by atoms with Crippen LogP contribution in [0.25, 0.3) is 0 Å². The lowest BCUT2D eigenvalue weighted by Crippen LogP contribution is -2.07. The molecule has 0 bridgehead atoms. The maximum absolute atomic E-state index is 12.2. The van der Waals surface area contributed by atoms with Crippen LogP contribution in [0.15, 0.2) is 23.1 Å². The average molecular weight is 328 g/mol. The molecule has 7 heteroatoms. The Hall–Kier alpha value is -0.690. The van der Waals surface area contributed by atoms with Gasteiger partial charge in [-0.05, 0) is 23.9 Å². The molecule has 1 rings (SSSR count). The topological polar surface area (TPSA) is 43.1 Å². The number of Topliss-reactive ketones (excluding diaryl/α,β-unsaturated/α-hetero) is 1. The van der Waals surface area contributed by atoms with E-state index in [1.54, 1.807) is 0 Å². The summed E-state index contributed by atoms with van der Waals surface area (Å²) in [7, 11) is 0. The molecule has 0 fully saturated rings. The molecule has 0 radical (unpaired) electrons. The minimum Gasteiger partial charge on any atom is -0.397 e. The first-order chi connectivity index (χ1) is 7.85. The Balaban J connectivity index is 3.03. The summed E-state index contributed by atoms with van der Waals surface area (Å²) in [5.41, 5.74) is 1.18. The highest BCUT2D eigenvalue weighted by atomic mass is 79.9. The van der Waals surface area contributed by atoms with Gasteiger partial charge in [0.2, 0.25) is 0 Å². The Morgan fingerprint density at radius 3 is 2.59 bits per heavy atom. The fourth-order valence-electron chi connectivity index (χ4n) is 1.22. The molecule has 0 heterocycles. The van der Waals surface area contributed by atoms with E-state index in [4.69, 9.17) is 5.73 Å². The van der Waals surface area contributed by atoms with Crippen LogP contribution in [-0.2, 0) is 0 Å². The van der Waals surface area contributed by atoms with Gasteiger partial charge in [-0.2, -0.15) is 13.2 Å². The molecule has 0 spiro atoms. The zero-order valence-corrected chi connectivity index (χ0v) is 11.0. The Kier molecular flexibility index (Phi) is 4.88. The molecular weight excluding hydrogens is 319 g/mol. The number of ketones is 1. The molecular formula is C10H9BrF3NOS. The Morgan fingerprint density at radius 2 is 2.06 bits per heavy atom. The zero-order valence-electron chi connectivity index (χ0n) is 8.55. The van der Waals surface area contributed by atoms with Crippen molar-refractivity contribution in [3.63, 3.8) is 0 Å². The summed E-state index contributed by atoms with van der Waals surface area (Å²) < 4.78 is 36.7. The van der Waals surface area contributed by atoms with Crippen LogP contribution in [0.4, 0.5) is 18.9 Å². The predicted molar refractivity (Wildman–Crippen MR) is 65.5 cm³/mol. The van der Waals surface area contributed by atoms with Gasteiger partial charge in [-0.1, -0.05) is 22.0 Å². The van der Waals surface area contributed by atoms with Crippen LogP contribution in [0, 0.1) is 0 Å². The Labute approximate surface area is 109 Å². The number of rotatable bonds is 4. The number of carbonyl (C=O) groups is 1. The minimum absolute atomic E-state index is 0.110. The summed E-state index contributed by atoms with van der Waals surface area (Å²) in [4.78, 5) is 11.4. The highest BCUT2D eigenvalue weighted by Crippen LogP contribution is 2.40. The van der Waals surface area contributed by atoms with Crippen molar-refractivity contribution >= 4 is 39.2 Å². The molecule has 0 aromatic heterocycles. The molecule has 2 nitrogen and oxygen atoms in total. The van der Waals surface area contributed by atoms with Gasteiger partial charge in [0.15, 0.2) is 5.78 Å². The lowest BCUT2D eigenvalue weighted by molar-refractivity contribution is -0.0328. The predicted octanol–water partition coefficient (Wildman–Crippen LogP) is 3.85. The van der Waals surface area contributed by atoms with Crippen LogP contribution in [0.2, 0.25) is 0 Å². The second-order valence-electron chi connectivity index (χ2n) is 3.13. The van der Waals surface area contributed by atoms with Crippen molar-refractivity contribution in [3.05, 3.63) is 23.8 Å². The number of halogens is 4. The fraction of sp³-hybridized carbons (Fsp3) is 0.300. The number of hydrogen-bond acceptors (Lipinski definition) is 3. The van der Waals surface area contributed by atoms with Gasteiger partial charge in [0.05, 0.1) is 5.69 Å². The number of carbonyl (C=O) groups excluding carboxylic acids is 1. The quantitative estimate of drug-likeness (QED) is 0.395. The molecule has 2 N–H and O–H groups in total. The second-order valence-corrected chi connectivity index (χ2v) is 5.03. The maximum Gasteiger partial charge on any atom is 0.446 e. The van der Waals surface area contributed by atoms with Crippen LogP contribution in [0.3, 0.4) is 0 Å². The van der Waals surface area contributed by atoms with Crippen molar-refractivity contribution in [1.29, 1.82) is 0 Å². The minimum atomic E-state index is -4.41. The summed E-state index contributed by atoms with van der Waals surface area (Å²) in [5.74, 6) is -0.274. The molecule has 0 atom stereocenters. The van der Waals surface area contributed by atoms with E-state index in [1.165, 1.54) is 18.2 Å². The summed E-state index contributed by atoms with van der Waals surface area (Å²) in [6.45, 7) is 0. The van der Waals surface area contributed by atoms with Gasteiger partial charge in [-0.25, -0.2) is 0 Å². The van der Waals surface area contributed by atoms with Crippen molar-refractivity contribution in [2.75, 3.05) is 11.1 Å². The number of alkyl halides is 4. The van der Waals surface area contributed by atoms with Crippen molar-refractivity contribution in [2.45, 2.75) is 16.8 Å². The number of nitrogen functional groups attached to an aromatic ring is 1. The van der Waals surface area contributed by atoms with E-state index < -0.39 is 5.51 Å². The number of anilines is 1. The van der Waals surface area contributed by atoms with Crippen LogP contribution in [-0.4, -0.2) is 16.6 Å². The molecule has 1 aromatic rings. The fourth-order valence-corrected chi connectivity index (χ4v) is 2.20. The normalized spacial score (nSPS) is 11.5. The second kappa shape index (κ2) is 5.77. The van der Waals surface area contributed by atoms with E-state index in [2.05, 4.69) is 15.9 Å². The van der Waals surface area contributed by atoms with Gasteiger partial charge in [0, 0.05) is 22.2 Å². The monoisotopic (exact) mass is 327 g/mol. The van der Waals surface area contributed by atoms with E-state index in [9.17, 15) is 18.0 Å².